The van der Waals surface area contributed by atoms with Crippen molar-refractivity contribution in [2.75, 3.05) is 5.32 Å². The molecule has 1 aromatic rings. The summed E-state index contributed by atoms with van der Waals surface area (Å²) in [4.78, 5) is 23.7. The zero-order chi connectivity index (χ0) is 15.1. The van der Waals surface area contributed by atoms with Crippen molar-refractivity contribution in [3.05, 3.63) is 35.7 Å². The number of benzene rings is 1. The first kappa shape index (κ1) is 16.7. The normalized spacial score (nSPS) is 12.1. The molecule has 0 spiro atoms. The summed E-state index contributed by atoms with van der Waals surface area (Å²) >= 11 is 3.33. The van der Waals surface area contributed by atoms with Crippen molar-refractivity contribution in [3.63, 3.8) is 0 Å². The van der Waals surface area contributed by atoms with E-state index < -0.39 is 6.04 Å². The molecule has 0 aliphatic rings. The lowest BCUT2D eigenvalue weighted by Gasteiger charge is -2.19. The molecular formula is C15H20BrN2O2. The highest BCUT2D eigenvalue weighted by atomic mass is 79.9. The number of amides is 2. The first-order valence-electron chi connectivity index (χ1n) is 6.57. The number of carbonyl (C=O) groups excluding carboxylic acids is 2. The van der Waals surface area contributed by atoms with Crippen molar-refractivity contribution in [3.8, 4) is 0 Å². The first-order valence-corrected chi connectivity index (χ1v) is 7.36. The maximum atomic E-state index is 11.9. The van der Waals surface area contributed by atoms with Gasteiger partial charge in [-0.3, -0.25) is 4.79 Å². The Kier molecular flexibility index (Phi) is 6.71. The predicted molar refractivity (Wildman–Crippen MR) is 84.5 cm³/mol. The van der Waals surface area contributed by atoms with E-state index in [2.05, 4.69) is 33.5 Å². The molecule has 0 heterocycles. The van der Waals surface area contributed by atoms with Crippen molar-refractivity contribution in [2.45, 2.75) is 32.7 Å². The number of Topliss-reactive ketones (excluding diaryl/α,β-unsaturated/α-hetero) is 1. The van der Waals surface area contributed by atoms with Gasteiger partial charge >= 0.3 is 6.03 Å². The standard InChI is InChI=1S/C15H20BrN2O2/c1-4-14(19)13(9-10(2)3)18-15(20)17-12-7-5-11(16)6-8-12/h5-8,10,13H,1,4,9H2,2-3H3,(H2,17,18,20)/t13-/m0/s1. The Bertz CT molecular complexity index is 457. The van der Waals surface area contributed by atoms with Gasteiger partial charge in [-0.05, 0) is 43.5 Å². The van der Waals surface area contributed by atoms with Crippen LogP contribution in [0, 0.1) is 12.8 Å². The summed E-state index contributed by atoms with van der Waals surface area (Å²) in [5, 5.41) is 5.42. The molecule has 2 amide bonds. The second-order valence-electron chi connectivity index (χ2n) is 5.00. The third-order valence-corrected chi connectivity index (χ3v) is 3.28. The second-order valence-corrected chi connectivity index (χ2v) is 5.92. The Morgan fingerprint density at radius 1 is 1.25 bits per heavy atom. The maximum absolute atomic E-state index is 11.9. The van der Waals surface area contributed by atoms with Crippen LogP contribution in [-0.2, 0) is 4.79 Å². The molecule has 1 rings (SSSR count). The molecule has 2 N–H and O–H groups in total. The van der Waals surface area contributed by atoms with Gasteiger partial charge in [-0.1, -0.05) is 29.8 Å². The summed E-state index contributed by atoms with van der Waals surface area (Å²) in [6, 6.07) is 6.38. The molecule has 0 fully saturated rings. The third kappa shape index (κ3) is 5.74. The lowest BCUT2D eigenvalue weighted by molar-refractivity contribution is -0.120. The summed E-state index contributed by atoms with van der Waals surface area (Å²) in [7, 11) is 0. The smallest absolute Gasteiger partial charge is 0.319 e. The third-order valence-electron chi connectivity index (χ3n) is 2.75. The summed E-state index contributed by atoms with van der Waals surface area (Å²) in [5.74, 6) is 0.271. The molecular weight excluding hydrogens is 320 g/mol. The fourth-order valence-electron chi connectivity index (χ4n) is 1.78. The van der Waals surface area contributed by atoms with Crippen LogP contribution in [0.15, 0.2) is 28.7 Å². The topological polar surface area (TPSA) is 58.2 Å². The van der Waals surface area contributed by atoms with Crippen molar-refractivity contribution >= 4 is 33.4 Å². The fraction of sp³-hybridized carbons (Fsp3) is 0.400. The number of rotatable bonds is 6. The van der Waals surface area contributed by atoms with Crippen molar-refractivity contribution in [2.24, 2.45) is 5.92 Å². The van der Waals surface area contributed by atoms with Gasteiger partial charge < -0.3 is 10.6 Å². The number of nitrogens with one attached hydrogen (secondary N) is 2. The molecule has 109 valence electrons. The molecule has 1 radical (unpaired) electrons. The summed E-state index contributed by atoms with van der Waals surface area (Å²) in [5.41, 5.74) is 0.677. The van der Waals surface area contributed by atoms with Crippen LogP contribution >= 0.6 is 15.9 Å². The number of urea groups is 1. The van der Waals surface area contributed by atoms with Gasteiger partial charge in [0, 0.05) is 16.6 Å². The zero-order valence-electron chi connectivity index (χ0n) is 11.8. The monoisotopic (exact) mass is 339 g/mol. The van der Waals surface area contributed by atoms with Gasteiger partial charge in [0.05, 0.1) is 6.04 Å². The van der Waals surface area contributed by atoms with E-state index in [4.69, 9.17) is 0 Å². The Balaban J connectivity index is 2.61. The summed E-state index contributed by atoms with van der Waals surface area (Å²) in [6.45, 7) is 7.61. The molecule has 5 heteroatoms. The Labute approximate surface area is 128 Å². The number of carbonyl (C=O) groups is 2. The highest BCUT2D eigenvalue weighted by molar-refractivity contribution is 9.10. The minimum atomic E-state index is -0.483. The first-order chi connectivity index (χ1) is 9.42. The van der Waals surface area contributed by atoms with Crippen LogP contribution in [0.3, 0.4) is 0 Å². The van der Waals surface area contributed by atoms with E-state index in [1.54, 1.807) is 12.1 Å². The van der Waals surface area contributed by atoms with Crippen LogP contribution in [0.1, 0.15) is 26.7 Å². The number of ketones is 1. The van der Waals surface area contributed by atoms with E-state index in [1.807, 2.05) is 26.0 Å². The molecule has 4 nitrogen and oxygen atoms in total. The van der Waals surface area contributed by atoms with E-state index >= 15 is 0 Å². The van der Waals surface area contributed by atoms with Crippen molar-refractivity contribution in [1.29, 1.82) is 0 Å². The van der Waals surface area contributed by atoms with Gasteiger partial charge in [0.15, 0.2) is 5.78 Å². The molecule has 0 aliphatic carbocycles. The number of hydrogen-bond acceptors (Lipinski definition) is 2. The van der Waals surface area contributed by atoms with E-state index in [0.29, 0.717) is 18.0 Å². The number of halogens is 1. The summed E-state index contributed by atoms with van der Waals surface area (Å²) < 4.78 is 0.938. The SMILES string of the molecule is [CH2]CC(=O)[C@H](CC(C)C)NC(=O)Nc1ccc(Br)cc1. The average Bonchev–Trinajstić information content (AvgIpc) is 2.39. The Morgan fingerprint density at radius 2 is 1.85 bits per heavy atom. The highest BCUT2D eigenvalue weighted by Gasteiger charge is 2.20. The molecule has 0 saturated carbocycles. The van der Waals surface area contributed by atoms with Crippen LogP contribution in [0.2, 0.25) is 0 Å². The molecule has 1 atom stereocenters. The van der Waals surface area contributed by atoms with E-state index in [-0.39, 0.29) is 18.2 Å². The highest BCUT2D eigenvalue weighted by Crippen LogP contribution is 2.14. The van der Waals surface area contributed by atoms with Crippen LogP contribution in [0.5, 0.6) is 0 Å². The van der Waals surface area contributed by atoms with Gasteiger partial charge in [0.2, 0.25) is 0 Å². The molecule has 1 aromatic carbocycles. The molecule has 0 aromatic heterocycles. The predicted octanol–water partition coefficient (Wildman–Crippen LogP) is 3.78. The van der Waals surface area contributed by atoms with E-state index in [1.165, 1.54) is 0 Å². The largest absolute Gasteiger partial charge is 0.328 e. The summed E-state index contributed by atoms with van der Waals surface area (Å²) in [6.07, 6.45) is 0.790. The molecule has 0 unspecified atom stereocenters. The number of anilines is 1. The van der Waals surface area contributed by atoms with Gasteiger partial charge in [-0.25, -0.2) is 4.79 Å². The van der Waals surface area contributed by atoms with Crippen LogP contribution in [0.25, 0.3) is 0 Å². The minimum Gasteiger partial charge on any atom is -0.328 e. The zero-order valence-corrected chi connectivity index (χ0v) is 13.4. The quantitative estimate of drug-likeness (QED) is 0.828. The van der Waals surface area contributed by atoms with E-state index in [9.17, 15) is 9.59 Å². The lowest BCUT2D eigenvalue weighted by atomic mass is 9.99. The van der Waals surface area contributed by atoms with E-state index in [0.717, 1.165) is 4.47 Å². The lowest BCUT2D eigenvalue weighted by Crippen LogP contribution is -2.43. The fourth-order valence-corrected chi connectivity index (χ4v) is 2.04. The molecule has 0 saturated heterocycles. The Hall–Kier alpha value is -1.36. The van der Waals surface area contributed by atoms with Crippen LogP contribution in [0.4, 0.5) is 10.5 Å². The minimum absolute atomic E-state index is 0.0512. The number of hydrogen-bond donors (Lipinski definition) is 2. The van der Waals surface area contributed by atoms with Gasteiger partial charge in [-0.15, -0.1) is 0 Å². The van der Waals surface area contributed by atoms with Crippen molar-refractivity contribution < 1.29 is 9.59 Å². The average molecular weight is 340 g/mol. The van der Waals surface area contributed by atoms with Crippen molar-refractivity contribution in [1.82, 2.24) is 5.32 Å². The van der Waals surface area contributed by atoms with Crippen LogP contribution in [-0.4, -0.2) is 17.9 Å². The second kappa shape index (κ2) is 8.04. The Morgan fingerprint density at radius 3 is 2.35 bits per heavy atom. The van der Waals surface area contributed by atoms with Gasteiger partial charge in [0.1, 0.15) is 0 Å². The van der Waals surface area contributed by atoms with Gasteiger partial charge in [-0.2, -0.15) is 0 Å². The maximum Gasteiger partial charge on any atom is 0.319 e. The van der Waals surface area contributed by atoms with Crippen LogP contribution < -0.4 is 10.6 Å². The molecule has 0 aliphatic heterocycles. The van der Waals surface area contributed by atoms with Gasteiger partial charge in [0.25, 0.3) is 0 Å². The molecule has 0 bridgehead atoms. The molecule has 20 heavy (non-hydrogen) atoms.